The molecule has 0 aromatic carbocycles. The van der Waals surface area contributed by atoms with Crippen LogP contribution < -0.4 is 0 Å². The molecule has 4 nitrogen and oxygen atoms in total. The number of Topliss-reactive ketones (excluding diaryl/α,β-unsaturated/α-hetero) is 2. The number of hydrogen-bond acceptors (Lipinski definition) is 7. The van der Waals surface area contributed by atoms with Gasteiger partial charge >= 0.3 is 0 Å². The molecular weight excluding hydrogens is 444 g/mol. The van der Waals surface area contributed by atoms with Crippen LogP contribution >= 0.6 is 46.5 Å². The van der Waals surface area contributed by atoms with Crippen molar-refractivity contribution in [3.63, 3.8) is 0 Å². The molecule has 0 radical (unpaired) electrons. The molecule has 1 aromatic rings. The Bertz CT molecular complexity index is 870. The van der Waals surface area contributed by atoms with E-state index in [4.69, 9.17) is 16.6 Å². The van der Waals surface area contributed by atoms with Gasteiger partial charge in [-0.05, 0) is 50.3 Å². The van der Waals surface area contributed by atoms with E-state index in [1.165, 1.54) is 17.3 Å². The number of rotatable bonds is 5. The summed E-state index contributed by atoms with van der Waals surface area (Å²) in [6, 6.07) is 0. The quantitative estimate of drug-likeness (QED) is 0.414. The summed E-state index contributed by atoms with van der Waals surface area (Å²) in [6.07, 6.45) is 9.04. The Morgan fingerprint density at radius 2 is 2.00 bits per heavy atom. The first-order chi connectivity index (χ1) is 14.1. The van der Waals surface area contributed by atoms with Crippen molar-refractivity contribution in [1.29, 1.82) is 0 Å². The van der Waals surface area contributed by atoms with E-state index in [1.807, 2.05) is 6.26 Å². The molecule has 0 amide bonds. The van der Waals surface area contributed by atoms with E-state index in [9.17, 15) is 9.59 Å². The fourth-order valence-corrected chi connectivity index (χ4v) is 7.48. The van der Waals surface area contributed by atoms with Crippen LogP contribution in [0.3, 0.4) is 0 Å². The van der Waals surface area contributed by atoms with Crippen molar-refractivity contribution in [2.75, 3.05) is 18.6 Å². The lowest BCUT2D eigenvalue weighted by molar-refractivity contribution is -0.121. The number of ketones is 2. The predicted molar refractivity (Wildman–Crippen MR) is 126 cm³/mol. The van der Waals surface area contributed by atoms with Gasteiger partial charge in [-0.3, -0.25) is 14.6 Å². The Kier molecular flexibility index (Phi) is 7.20. The lowest BCUT2D eigenvalue weighted by Crippen LogP contribution is -2.24. The Morgan fingerprint density at radius 3 is 2.76 bits per heavy atom. The summed E-state index contributed by atoms with van der Waals surface area (Å²) in [6.45, 7) is 0.696. The van der Waals surface area contributed by atoms with Crippen LogP contribution in [0.1, 0.15) is 65.7 Å². The first-order valence-corrected chi connectivity index (χ1v) is 13.7. The molecular formula is C21H25ClN2O2S3. The third kappa shape index (κ3) is 4.83. The molecule has 2 aliphatic carbocycles. The second-order valence-corrected chi connectivity index (χ2v) is 11.4. The zero-order valence-corrected chi connectivity index (χ0v) is 19.7. The van der Waals surface area contributed by atoms with E-state index < -0.39 is 0 Å². The summed E-state index contributed by atoms with van der Waals surface area (Å²) in [4.78, 5) is 35.5. The van der Waals surface area contributed by atoms with Crippen molar-refractivity contribution >= 4 is 68.9 Å². The molecule has 29 heavy (non-hydrogen) atoms. The third-order valence-electron chi connectivity index (χ3n) is 5.81. The van der Waals surface area contributed by atoms with Crippen LogP contribution in [0.15, 0.2) is 14.2 Å². The Hall–Kier alpha value is -0.630. The summed E-state index contributed by atoms with van der Waals surface area (Å²) in [5.74, 6) is 1.15. The fraction of sp³-hybridized carbons (Fsp3) is 0.619. The average Bonchev–Trinajstić information content (AvgIpc) is 3.13. The molecule has 156 valence electrons. The molecule has 0 saturated heterocycles. The maximum absolute atomic E-state index is 12.6. The maximum Gasteiger partial charge on any atom is 0.183 e. The summed E-state index contributed by atoms with van der Waals surface area (Å²) in [5.41, 5.74) is 3.16. The highest BCUT2D eigenvalue weighted by Gasteiger charge is 2.29. The van der Waals surface area contributed by atoms with Gasteiger partial charge in [-0.1, -0.05) is 11.8 Å². The van der Waals surface area contributed by atoms with Crippen LogP contribution in [0.5, 0.6) is 0 Å². The normalized spacial score (nSPS) is 24.7. The lowest BCUT2D eigenvalue weighted by Gasteiger charge is -2.23. The molecule has 1 fully saturated rings. The van der Waals surface area contributed by atoms with Gasteiger partial charge in [0.25, 0.3) is 0 Å². The minimum atomic E-state index is 0.143. The van der Waals surface area contributed by atoms with Crippen molar-refractivity contribution in [1.82, 2.24) is 0 Å². The third-order valence-corrected chi connectivity index (χ3v) is 9.56. The van der Waals surface area contributed by atoms with Crippen LogP contribution in [0.2, 0.25) is 0 Å². The van der Waals surface area contributed by atoms with Crippen LogP contribution in [-0.4, -0.2) is 46.4 Å². The molecule has 4 rings (SSSR count). The van der Waals surface area contributed by atoms with Crippen LogP contribution in [0.25, 0.3) is 0 Å². The Morgan fingerprint density at radius 1 is 1.21 bits per heavy atom. The molecule has 2 heterocycles. The SMILES string of the molecule is CSc1sc(C2=NC(SCC(=O)C3CCC(Cl)CC3)=NCC2)c2c1C(=O)CCC2. The van der Waals surface area contributed by atoms with Crippen LogP contribution in [0.4, 0.5) is 0 Å². The van der Waals surface area contributed by atoms with Gasteiger partial charge in [0.15, 0.2) is 11.0 Å². The number of thiophene rings is 1. The smallest absolute Gasteiger partial charge is 0.183 e. The average molecular weight is 469 g/mol. The zero-order valence-electron chi connectivity index (χ0n) is 16.5. The number of hydrogen-bond donors (Lipinski definition) is 0. The number of aliphatic imine (C=N–C) groups is 2. The fourth-order valence-electron chi connectivity index (χ4n) is 4.22. The number of carbonyl (C=O) groups is 2. The Labute approximate surface area is 189 Å². The number of halogens is 1. The molecule has 3 aliphatic rings. The second-order valence-electron chi connectivity index (χ2n) is 7.73. The van der Waals surface area contributed by atoms with Gasteiger partial charge in [-0.2, -0.15) is 0 Å². The number of nitrogens with zero attached hydrogens (tertiary/aromatic N) is 2. The molecule has 1 aromatic heterocycles. The maximum atomic E-state index is 12.6. The van der Waals surface area contributed by atoms with Gasteiger partial charge in [-0.15, -0.1) is 34.7 Å². The first kappa shape index (κ1) is 21.6. The van der Waals surface area contributed by atoms with Crippen LogP contribution in [-0.2, 0) is 11.2 Å². The highest BCUT2D eigenvalue weighted by atomic mass is 35.5. The molecule has 0 N–H and O–H groups in total. The minimum absolute atomic E-state index is 0.143. The monoisotopic (exact) mass is 468 g/mol. The van der Waals surface area contributed by atoms with Crippen molar-refractivity contribution in [2.24, 2.45) is 15.9 Å². The van der Waals surface area contributed by atoms with Crippen molar-refractivity contribution in [3.05, 3.63) is 16.0 Å². The largest absolute Gasteiger partial charge is 0.298 e. The van der Waals surface area contributed by atoms with E-state index in [1.54, 1.807) is 23.1 Å². The summed E-state index contributed by atoms with van der Waals surface area (Å²) >= 11 is 11.0. The molecule has 1 aliphatic heterocycles. The van der Waals surface area contributed by atoms with E-state index in [0.717, 1.165) is 65.3 Å². The van der Waals surface area contributed by atoms with E-state index in [-0.39, 0.29) is 17.1 Å². The number of amidine groups is 1. The highest BCUT2D eigenvalue weighted by Crippen LogP contribution is 2.40. The minimum Gasteiger partial charge on any atom is -0.298 e. The van der Waals surface area contributed by atoms with Crippen molar-refractivity contribution in [3.8, 4) is 0 Å². The molecule has 8 heteroatoms. The molecule has 0 unspecified atom stereocenters. The van der Waals surface area contributed by atoms with Gasteiger partial charge in [-0.25, -0.2) is 4.99 Å². The van der Waals surface area contributed by atoms with Gasteiger partial charge in [0.2, 0.25) is 0 Å². The predicted octanol–water partition coefficient (Wildman–Crippen LogP) is 5.64. The summed E-state index contributed by atoms with van der Waals surface area (Å²) < 4.78 is 1.11. The van der Waals surface area contributed by atoms with E-state index >= 15 is 0 Å². The standard InChI is InChI=1S/C21H25ClN2O2S3/c1-27-20-18-14(3-2-4-16(18)25)19(29-20)15-9-10-23-21(24-15)28-11-17(26)12-5-7-13(22)8-6-12/h12-13H,2-11H2,1H3. The second kappa shape index (κ2) is 9.67. The van der Waals surface area contributed by atoms with Gasteiger partial charge in [0, 0.05) is 36.2 Å². The number of fused-ring (bicyclic) bond motifs is 1. The topological polar surface area (TPSA) is 58.9 Å². The van der Waals surface area contributed by atoms with E-state index in [0.29, 0.717) is 29.7 Å². The van der Waals surface area contributed by atoms with Crippen LogP contribution in [0, 0.1) is 5.92 Å². The highest BCUT2D eigenvalue weighted by molar-refractivity contribution is 8.14. The zero-order chi connectivity index (χ0) is 20.4. The number of thioether (sulfide) groups is 2. The molecule has 0 spiro atoms. The lowest BCUT2D eigenvalue weighted by atomic mass is 9.86. The van der Waals surface area contributed by atoms with Crippen molar-refractivity contribution in [2.45, 2.75) is 61.0 Å². The molecule has 0 atom stereocenters. The van der Waals surface area contributed by atoms with Gasteiger partial charge in [0.1, 0.15) is 5.78 Å². The van der Waals surface area contributed by atoms with Crippen molar-refractivity contribution < 1.29 is 9.59 Å². The molecule has 1 saturated carbocycles. The number of carbonyl (C=O) groups excluding carboxylic acids is 2. The molecule has 0 bridgehead atoms. The summed E-state index contributed by atoms with van der Waals surface area (Å²) in [5, 5.41) is 0.942. The first-order valence-electron chi connectivity index (χ1n) is 10.2. The Balaban J connectivity index is 1.46. The van der Waals surface area contributed by atoms with E-state index in [2.05, 4.69) is 4.99 Å². The summed E-state index contributed by atoms with van der Waals surface area (Å²) in [7, 11) is 0. The number of alkyl halides is 1. The van der Waals surface area contributed by atoms with Gasteiger partial charge in [0.05, 0.1) is 20.6 Å². The van der Waals surface area contributed by atoms with Gasteiger partial charge < -0.3 is 0 Å².